The number of benzene rings is 9. The van der Waals surface area contributed by atoms with E-state index in [4.69, 9.17) is 0 Å². The van der Waals surface area contributed by atoms with Crippen LogP contribution in [0.4, 0.5) is 17.1 Å². The highest BCUT2D eigenvalue weighted by Gasteiger charge is 2.20. The van der Waals surface area contributed by atoms with Gasteiger partial charge in [-0.1, -0.05) is 152 Å². The molecule has 0 radical (unpaired) electrons. The molecule has 0 aliphatic heterocycles. The van der Waals surface area contributed by atoms with Crippen molar-refractivity contribution < 1.29 is 0 Å². The molecule has 0 fully saturated rings. The molecule has 0 aliphatic carbocycles. The molecule has 2 nitrogen and oxygen atoms in total. The highest BCUT2D eigenvalue weighted by atomic mass is 32.1. The van der Waals surface area contributed by atoms with E-state index in [1.54, 1.807) is 0 Å². The molecule has 11 aromatic rings. The van der Waals surface area contributed by atoms with Gasteiger partial charge in [-0.05, 0) is 94.5 Å². The van der Waals surface area contributed by atoms with Crippen molar-refractivity contribution in [2.45, 2.75) is 0 Å². The third-order valence-electron chi connectivity index (χ3n) is 11.2. The Balaban J connectivity index is 1.06. The van der Waals surface area contributed by atoms with Crippen LogP contribution in [0.15, 0.2) is 218 Å². The number of para-hydroxylation sites is 3. The maximum atomic E-state index is 2.47. The van der Waals surface area contributed by atoms with Crippen molar-refractivity contribution in [3.8, 4) is 39.1 Å². The van der Waals surface area contributed by atoms with Gasteiger partial charge in [0.05, 0.1) is 22.4 Å². The standard InChI is InChI=1S/C54H36N2S/c1-3-16-37(17-4-1)42-20-7-8-21-43(42)38-30-33-41(34-31-38)55(40-18-5-2-6-19-40)48-25-12-9-22-44(48)39-32-35-50-47(36-39)45-23-10-13-26-49(45)56(50)51-27-15-29-53-54(51)46-24-11-14-28-52(46)57-53/h1-36H. The number of nitrogens with zero attached hydrogens (tertiary/aromatic N) is 2. The predicted molar refractivity (Wildman–Crippen MR) is 245 cm³/mol. The van der Waals surface area contributed by atoms with E-state index < -0.39 is 0 Å². The van der Waals surface area contributed by atoms with Crippen LogP contribution in [-0.2, 0) is 0 Å². The topological polar surface area (TPSA) is 8.17 Å². The van der Waals surface area contributed by atoms with Crippen molar-refractivity contribution in [3.63, 3.8) is 0 Å². The lowest BCUT2D eigenvalue weighted by Gasteiger charge is -2.28. The van der Waals surface area contributed by atoms with Gasteiger partial charge in [0.15, 0.2) is 0 Å². The largest absolute Gasteiger partial charge is 0.310 e. The van der Waals surface area contributed by atoms with Crippen molar-refractivity contribution in [2.75, 3.05) is 4.90 Å². The summed E-state index contributed by atoms with van der Waals surface area (Å²) in [4.78, 5) is 2.39. The average molecular weight is 745 g/mol. The summed E-state index contributed by atoms with van der Waals surface area (Å²) in [6.07, 6.45) is 0. The predicted octanol–water partition coefficient (Wildman–Crippen LogP) is 15.6. The van der Waals surface area contributed by atoms with Crippen LogP contribution in [0.1, 0.15) is 0 Å². The van der Waals surface area contributed by atoms with E-state index in [9.17, 15) is 0 Å². The molecule has 0 spiro atoms. The molecule has 3 heteroatoms. The zero-order chi connectivity index (χ0) is 37.7. The summed E-state index contributed by atoms with van der Waals surface area (Å²) in [5, 5.41) is 5.10. The Morgan fingerprint density at radius 1 is 0.351 bits per heavy atom. The van der Waals surface area contributed by atoms with Crippen LogP contribution in [0.25, 0.3) is 81.0 Å². The fraction of sp³-hybridized carbons (Fsp3) is 0. The number of rotatable bonds is 7. The van der Waals surface area contributed by atoms with Gasteiger partial charge in [-0.2, -0.15) is 0 Å². The molecule has 57 heavy (non-hydrogen) atoms. The van der Waals surface area contributed by atoms with Crippen LogP contribution in [0.3, 0.4) is 0 Å². The Kier molecular flexibility index (Phi) is 8.04. The van der Waals surface area contributed by atoms with Crippen molar-refractivity contribution in [1.82, 2.24) is 4.57 Å². The molecule has 0 unspecified atom stereocenters. The van der Waals surface area contributed by atoms with Crippen LogP contribution in [-0.4, -0.2) is 4.57 Å². The normalized spacial score (nSPS) is 11.5. The van der Waals surface area contributed by atoms with Crippen molar-refractivity contribution in [1.29, 1.82) is 0 Å². The van der Waals surface area contributed by atoms with Crippen LogP contribution in [0.2, 0.25) is 0 Å². The number of aromatic nitrogens is 1. The lowest BCUT2D eigenvalue weighted by atomic mass is 9.94. The van der Waals surface area contributed by atoms with Gasteiger partial charge in [-0.3, -0.25) is 0 Å². The summed E-state index contributed by atoms with van der Waals surface area (Å²) in [5.41, 5.74) is 14.2. The second kappa shape index (κ2) is 13.8. The van der Waals surface area contributed by atoms with E-state index in [0.717, 1.165) is 17.1 Å². The first-order valence-corrected chi connectivity index (χ1v) is 20.3. The first kappa shape index (κ1) is 33.2. The zero-order valence-electron chi connectivity index (χ0n) is 31.1. The lowest BCUT2D eigenvalue weighted by molar-refractivity contribution is 1.20. The lowest BCUT2D eigenvalue weighted by Crippen LogP contribution is -2.11. The molecule has 2 aromatic heterocycles. The number of anilines is 3. The van der Waals surface area contributed by atoms with Gasteiger partial charge < -0.3 is 9.47 Å². The van der Waals surface area contributed by atoms with Crippen molar-refractivity contribution in [3.05, 3.63) is 218 Å². The molecule has 0 bridgehead atoms. The Bertz CT molecular complexity index is 3230. The van der Waals surface area contributed by atoms with Gasteiger partial charge >= 0.3 is 0 Å². The van der Waals surface area contributed by atoms with E-state index in [2.05, 4.69) is 228 Å². The van der Waals surface area contributed by atoms with Crippen LogP contribution in [0, 0.1) is 0 Å². The van der Waals surface area contributed by atoms with Gasteiger partial charge in [0, 0.05) is 47.9 Å². The monoisotopic (exact) mass is 744 g/mol. The van der Waals surface area contributed by atoms with Gasteiger partial charge in [0.1, 0.15) is 0 Å². The van der Waals surface area contributed by atoms with Crippen molar-refractivity contribution in [2.24, 2.45) is 0 Å². The average Bonchev–Trinajstić information content (AvgIpc) is 3.83. The fourth-order valence-corrected chi connectivity index (χ4v) is 9.78. The Labute approximate surface area is 335 Å². The third-order valence-corrected chi connectivity index (χ3v) is 12.3. The molecule has 0 aliphatic rings. The summed E-state index contributed by atoms with van der Waals surface area (Å²) < 4.78 is 5.09. The highest BCUT2D eigenvalue weighted by Crippen LogP contribution is 2.45. The first-order valence-electron chi connectivity index (χ1n) is 19.4. The van der Waals surface area contributed by atoms with E-state index >= 15 is 0 Å². The highest BCUT2D eigenvalue weighted by molar-refractivity contribution is 7.25. The molecular weight excluding hydrogens is 709 g/mol. The van der Waals surface area contributed by atoms with E-state index in [1.807, 2.05) is 11.3 Å². The summed E-state index contributed by atoms with van der Waals surface area (Å²) in [7, 11) is 0. The second-order valence-electron chi connectivity index (χ2n) is 14.5. The number of fused-ring (bicyclic) bond motifs is 6. The summed E-state index contributed by atoms with van der Waals surface area (Å²) >= 11 is 1.87. The zero-order valence-corrected chi connectivity index (χ0v) is 31.9. The van der Waals surface area contributed by atoms with Crippen LogP contribution in [0.5, 0.6) is 0 Å². The van der Waals surface area contributed by atoms with E-state index in [0.29, 0.717) is 0 Å². The van der Waals surface area contributed by atoms with Gasteiger partial charge in [0.25, 0.3) is 0 Å². The molecule has 11 rings (SSSR count). The number of hydrogen-bond donors (Lipinski definition) is 0. The Hall–Kier alpha value is -7.20. The molecule has 2 heterocycles. The molecular formula is C54H36N2S. The Morgan fingerprint density at radius 2 is 0.912 bits per heavy atom. The minimum Gasteiger partial charge on any atom is -0.310 e. The second-order valence-corrected chi connectivity index (χ2v) is 15.6. The molecule has 0 saturated heterocycles. The third kappa shape index (κ3) is 5.63. The minimum absolute atomic E-state index is 1.10. The maximum absolute atomic E-state index is 2.47. The smallest absolute Gasteiger partial charge is 0.0555 e. The van der Waals surface area contributed by atoms with Gasteiger partial charge in [-0.15, -0.1) is 11.3 Å². The van der Waals surface area contributed by atoms with Gasteiger partial charge in [-0.25, -0.2) is 0 Å². The maximum Gasteiger partial charge on any atom is 0.0555 e. The van der Waals surface area contributed by atoms with E-state index in [1.165, 1.54) is 81.0 Å². The molecule has 0 N–H and O–H groups in total. The molecule has 0 amide bonds. The molecule has 268 valence electrons. The molecule has 0 atom stereocenters. The number of thiophene rings is 1. The summed E-state index contributed by atoms with van der Waals surface area (Å²) in [6.45, 7) is 0. The van der Waals surface area contributed by atoms with Crippen LogP contribution >= 0.6 is 11.3 Å². The van der Waals surface area contributed by atoms with E-state index in [-0.39, 0.29) is 0 Å². The molecule has 0 saturated carbocycles. The van der Waals surface area contributed by atoms with Gasteiger partial charge in [0.2, 0.25) is 0 Å². The fourth-order valence-electron chi connectivity index (χ4n) is 8.65. The first-order chi connectivity index (χ1) is 28.3. The molecule has 9 aromatic carbocycles. The van der Waals surface area contributed by atoms with Crippen LogP contribution < -0.4 is 4.90 Å². The minimum atomic E-state index is 1.10. The summed E-state index contributed by atoms with van der Waals surface area (Å²) in [5.74, 6) is 0. The SMILES string of the molecule is c1ccc(-c2ccccc2-c2ccc(N(c3ccccc3)c3ccccc3-c3ccc4c(c3)c3ccccc3n4-c3cccc4sc5ccccc5c34)cc2)cc1. The summed E-state index contributed by atoms with van der Waals surface area (Å²) in [6, 6.07) is 79.2. The quantitative estimate of drug-likeness (QED) is 0.158. The number of hydrogen-bond acceptors (Lipinski definition) is 2. The van der Waals surface area contributed by atoms with Crippen molar-refractivity contribution >= 4 is 70.4 Å². The Morgan fingerprint density at radius 3 is 1.70 bits per heavy atom.